The van der Waals surface area contributed by atoms with Crippen LogP contribution in [0.4, 0.5) is 0 Å². The fraction of sp³-hybridized carbons (Fsp3) is 1.00. The highest BCUT2D eigenvalue weighted by molar-refractivity contribution is 5.04. The molecule has 0 aromatic rings. The molecule has 15 heavy (non-hydrogen) atoms. The van der Waals surface area contributed by atoms with E-state index in [9.17, 15) is 0 Å². The van der Waals surface area contributed by atoms with E-state index in [1.54, 1.807) is 0 Å². The lowest BCUT2D eigenvalue weighted by Gasteiger charge is -2.28. The molecule has 0 spiro atoms. The van der Waals surface area contributed by atoms with Gasteiger partial charge in [0.2, 0.25) is 0 Å². The average molecular weight is 208 g/mol. The van der Waals surface area contributed by atoms with Gasteiger partial charge in [0, 0.05) is 12.1 Å². The topological polar surface area (TPSA) is 38.0 Å². The van der Waals surface area contributed by atoms with Crippen molar-refractivity contribution in [3.8, 4) is 0 Å². The third-order valence-corrected chi connectivity index (χ3v) is 5.27. The van der Waals surface area contributed by atoms with Crippen molar-refractivity contribution in [3.05, 3.63) is 0 Å². The molecule has 0 amide bonds. The predicted molar refractivity (Wildman–Crippen MR) is 62.5 cm³/mol. The summed E-state index contributed by atoms with van der Waals surface area (Å²) < 4.78 is 0. The van der Waals surface area contributed by atoms with Gasteiger partial charge >= 0.3 is 0 Å². The maximum atomic E-state index is 6.30. The third-order valence-electron chi connectivity index (χ3n) is 5.27. The lowest BCUT2D eigenvalue weighted by atomic mass is 9.85. The summed E-state index contributed by atoms with van der Waals surface area (Å²) in [5, 5.41) is 3.72. The Kier molecular flexibility index (Phi) is 2.16. The minimum Gasteiger partial charge on any atom is -0.327 e. The summed E-state index contributed by atoms with van der Waals surface area (Å²) in [4.78, 5) is 0. The summed E-state index contributed by atoms with van der Waals surface area (Å²) >= 11 is 0. The zero-order valence-corrected chi connectivity index (χ0v) is 10.00. The maximum Gasteiger partial charge on any atom is 0.0125 e. The van der Waals surface area contributed by atoms with Gasteiger partial charge in [-0.25, -0.2) is 0 Å². The minimum absolute atomic E-state index is 0.498. The molecule has 0 heterocycles. The van der Waals surface area contributed by atoms with Gasteiger partial charge in [-0.3, -0.25) is 0 Å². The number of hydrogen-bond acceptors (Lipinski definition) is 2. The maximum absolute atomic E-state index is 6.30. The molecule has 3 saturated carbocycles. The summed E-state index contributed by atoms with van der Waals surface area (Å²) in [5.74, 6) is 2.58. The number of hydrogen-bond donors (Lipinski definition) is 2. The SMILES string of the molecule is CC1(C)CC1NCC1C2CCC(C2)C1N. The quantitative estimate of drug-likeness (QED) is 0.741. The Balaban J connectivity index is 1.52. The lowest BCUT2D eigenvalue weighted by molar-refractivity contribution is 0.274. The molecule has 3 aliphatic carbocycles. The van der Waals surface area contributed by atoms with Crippen molar-refractivity contribution in [1.29, 1.82) is 0 Å². The van der Waals surface area contributed by atoms with E-state index in [1.165, 1.54) is 32.2 Å². The van der Waals surface area contributed by atoms with Crippen LogP contribution in [0, 0.1) is 23.2 Å². The molecule has 3 aliphatic rings. The molecule has 2 nitrogen and oxygen atoms in total. The summed E-state index contributed by atoms with van der Waals surface area (Å²) in [6, 6.07) is 1.27. The Morgan fingerprint density at radius 1 is 1.27 bits per heavy atom. The van der Waals surface area contributed by atoms with Crippen LogP contribution in [-0.4, -0.2) is 18.6 Å². The summed E-state index contributed by atoms with van der Waals surface area (Å²) in [6.45, 7) is 5.88. The average Bonchev–Trinajstić information content (AvgIpc) is 2.60. The minimum atomic E-state index is 0.498. The summed E-state index contributed by atoms with van der Waals surface area (Å²) in [5.41, 5.74) is 6.86. The molecule has 2 bridgehead atoms. The normalized spacial score (nSPS) is 51.0. The van der Waals surface area contributed by atoms with E-state index < -0.39 is 0 Å². The third kappa shape index (κ3) is 1.62. The molecular formula is C13H24N2. The van der Waals surface area contributed by atoms with Gasteiger partial charge in [-0.1, -0.05) is 13.8 Å². The van der Waals surface area contributed by atoms with Crippen LogP contribution in [0.25, 0.3) is 0 Å². The first-order valence-corrected chi connectivity index (χ1v) is 6.57. The first kappa shape index (κ1) is 10.1. The van der Waals surface area contributed by atoms with E-state index in [0.29, 0.717) is 11.5 Å². The second-order valence-corrected chi connectivity index (χ2v) is 6.73. The fourth-order valence-electron chi connectivity index (χ4n) is 3.85. The van der Waals surface area contributed by atoms with Crippen molar-refractivity contribution in [2.75, 3.05) is 6.54 Å². The van der Waals surface area contributed by atoms with E-state index >= 15 is 0 Å². The molecule has 2 heteroatoms. The molecule has 0 saturated heterocycles. The van der Waals surface area contributed by atoms with Gasteiger partial charge in [0.15, 0.2) is 0 Å². The summed E-state index contributed by atoms with van der Waals surface area (Å²) in [6.07, 6.45) is 5.61. The molecule has 5 atom stereocenters. The number of nitrogens with one attached hydrogen (secondary N) is 1. The van der Waals surface area contributed by atoms with Crippen LogP contribution in [0.2, 0.25) is 0 Å². The Bertz CT molecular complexity index is 259. The Morgan fingerprint density at radius 2 is 1.93 bits per heavy atom. The van der Waals surface area contributed by atoms with E-state index in [4.69, 9.17) is 5.73 Å². The van der Waals surface area contributed by atoms with Crippen LogP contribution in [0.15, 0.2) is 0 Å². The Labute approximate surface area is 93.0 Å². The van der Waals surface area contributed by atoms with Crippen LogP contribution in [0.5, 0.6) is 0 Å². The zero-order valence-electron chi connectivity index (χ0n) is 10.00. The highest BCUT2D eigenvalue weighted by Gasteiger charge is 2.48. The first-order chi connectivity index (χ1) is 7.08. The van der Waals surface area contributed by atoms with Crippen molar-refractivity contribution in [2.24, 2.45) is 28.9 Å². The second kappa shape index (κ2) is 3.21. The van der Waals surface area contributed by atoms with Gasteiger partial charge in [-0.2, -0.15) is 0 Å². The van der Waals surface area contributed by atoms with Crippen LogP contribution in [0.3, 0.4) is 0 Å². The highest BCUT2D eigenvalue weighted by atomic mass is 15.0. The Morgan fingerprint density at radius 3 is 2.47 bits per heavy atom. The zero-order chi connectivity index (χ0) is 10.6. The van der Waals surface area contributed by atoms with E-state index in [-0.39, 0.29) is 0 Å². The summed E-state index contributed by atoms with van der Waals surface area (Å²) in [7, 11) is 0. The van der Waals surface area contributed by atoms with Gasteiger partial charge in [0.25, 0.3) is 0 Å². The van der Waals surface area contributed by atoms with Crippen molar-refractivity contribution < 1.29 is 0 Å². The fourth-order valence-corrected chi connectivity index (χ4v) is 3.85. The van der Waals surface area contributed by atoms with Gasteiger partial charge in [-0.05, 0) is 55.4 Å². The molecule has 3 N–H and O–H groups in total. The molecule has 3 fully saturated rings. The van der Waals surface area contributed by atoms with Crippen LogP contribution >= 0.6 is 0 Å². The highest BCUT2D eigenvalue weighted by Crippen LogP contribution is 2.48. The van der Waals surface area contributed by atoms with Crippen molar-refractivity contribution in [2.45, 2.75) is 51.6 Å². The molecule has 5 unspecified atom stereocenters. The Hall–Kier alpha value is -0.0800. The molecular weight excluding hydrogens is 184 g/mol. The number of fused-ring (bicyclic) bond motifs is 2. The van der Waals surface area contributed by atoms with Gasteiger partial charge in [0.1, 0.15) is 0 Å². The van der Waals surface area contributed by atoms with Crippen molar-refractivity contribution >= 4 is 0 Å². The van der Waals surface area contributed by atoms with Gasteiger partial charge in [-0.15, -0.1) is 0 Å². The van der Waals surface area contributed by atoms with Gasteiger partial charge < -0.3 is 11.1 Å². The standard InChI is InChI=1S/C13H24N2/c1-13(2)6-11(13)15-7-10-8-3-4-9(5-8)12(10)14/h8-12,15H,3-7,14H2,1-2H3. The number of nitrogens with two attached hydrogens (primary N) is 1. The monoisotopic (exact) mass is 208 g/mol. The van der Waals surface area contributed by atoms with E-state index in [0.717, 1.165) is 23.8 Å². The molecule has 0 aromatic heterocycles. The molecule has 0 aromatic carbocycles. The molecule has 3 rings (SSSR count). The van der Waals surface area contributed by atoms with Crippen molar-refractivity contribution in [3.63, 3.8) is 0 Å². The number of rotatable bonds is 3. The van der Waals surface area contributed by atoms with Crippen LogP contribution in [-0.2, 0) is 0 Å². The van der Waals surface area contributed by atoms with Crippen molar-refractivity contribution in [1.82, 2.24) is 5.32 Å². The lowest BCUT2D eigenvalue weighted by Crippen LogP contribution is -2.42. The smallest absolute Gasteiger partial charge is 0.0125 e. The van der Waals surface area contributed by atoms with Gasteiger partial charge in [0.05, 0.1) is 0 Å². The molecule has 86 valence electrons. The van der Waals surface area contributed by atoms with Crippen LogP contribution < -0.4 is 11.1 Å². The van der Waals surface area contributed by atoms with Crippen LogP contribution in [0.1, 0.15) is 39.5 Å². The predicted octanol–water partition coefficient (Wildman–Crippen LogP) is 1.75. The van der Waals surface area contributed by atoms with E-state index in [2.05, 4.69) is 19.2 Å². The molecule has 0 aliphatic heterocycles. The largest absolute Gasteiger partial charge is 0.327 e. The molecule has 0 radical (unpaired) electrons. The second-order valence-electron chi connectivity index (χ2n) is 6.73. The van der Waals surface area contributed by atoms with E-state index in [1.807, 2.05) is 0 Å². The first-order valence-electron chi connectivity index (χ1n) is 6.57.